The highest BCUT2D eigenvalue weighted by Crippen LogP contribution is 2.13. The second kappa shape index (κ2) is 5.12. The van der Waals surface area contributed by atoms with Gasteiger partial charge in [0, 0.05) is 12.6 Å². The number of hydrogen-bond donors (Lipinski definition) is 0. The summed E-state index contributed by atoms with van der Waals surface area (Å²) >= 11 is 1.43. The molecule has 0 saturated heterocycles. The number of carbonyl (C=O) groups excluding carboxylic acids is 1. The number of Topliss-reactive ketones (excluding diaryl/α,β-unsaturated/α-hetero) is 1. The van der Waals surface area contributed by atoms with Gasteiger partial charge in [-0.15, -0.1) is 11.3 Å². The van der Waals surface area contributed by atoms with Crippen molar-refractivity contribution in [3.63, 3.8) is 0 Å². The van der Waals surface area contributed by atoms with E-state index in [1.54, 1.807) is 11.7 Å². The molecule has 1 aromatic heterocycles. The normalized spacial score (nSPS) is 10.7. The first-order chi connectivity index (χ1) is 6.20. The molecule has 3 heteroatoms. The molecule has 0 bridgehead atoms. The van der Waals surface area contributed by atoms with E-state index >= 15 is 0 Å². The lowest BCUT2D eigenvalue weighted by atomic mass is 10.0. The fourth-order valence-corrected chi connectivity index (χ4v) is 1.74. The van der Waals surface area contributed by atoms with Crippen molar-refractivity contribution in [3.05, 3.63) is 16.6 Å². The molecule has 0 saturated carbocycles. The highest BCUT2D eigenvalue weighted by Gasteiger charge is 2.06. The summed E-state index contributed by atoms with van der Waals surface area (Å²) < 4.78 is 0. The number of hydrogen-bond acceptors (Lipinski definition) is 3. The fourth-order valence-electron chi connectivity index (χ4n) is 1.15. The Bertz CT molecular complexity index is 254. The Morgan fingerprint density at radius 2 is 2.38 bits per heavy atom. The number of nitrogens with zero attached hydrogens (tertiary/aromatic N) is 1. The van der Waals surface area contributed by atoms with Crippen LogP contribution >= 0.6 is 11.3 Å². The largest absolute Gasteiger partial charge is 0.293 e. The Labute approximate surface area is 83.0 Å². The Morgan fingerprint density at radius 1 is 1.62 bits per heavy atom. The van der Waals surface area contributed by atoms with Gasteiger partial charge in [-0.3, -0.25) is 9.78 Å². The molecule has 72 valence electrons. The van der Waals surface area contributed by atoms with E-state index in [4.69, 9.17) is 0 Å². The molecule has 0 fully saturated rings. The molecule has 0 aliphatic heterocycles. The molecule has 0 atom stereocenters. The van der Waals surface area contributed by atoms with Gasteiger partial charge in [-0.25, -0.2) is 0 Å². The molecular formula is C10H15NOS. The van der Waals surface area contributed by atoms with Gasteiger partial charge in [0.1, 0.15) is 0 Å². The molecule has 0 spiro atoms. The summed E-state index contributed by atoms with van der Waals surface area (Å²) in [6.45, 7) is 4.36. The van der Waals surface area contributed by atoms with Crippen LogP contribution in [0.25, 0.3) is 0 Å². The molecule has 0 aliphatic rings. The first kappa shape index (κ1) is 10.4. The third-order valence-corrected chi connectivity index (χ3v) is 2.71. The van der Waals surface area contributed by atoms with Crippen molar-refractivity contribution in [2.24, 2.45) is 5.92 Å². The van der Waals surface area contributed by atoms with Crippen molar-refractivity contribution in [2.45, 2.75) is 33.1 Å². The van der Waals surface area contributed by atoms with Crippen LogP contribution in [0, 0.1) is 5.92 Å². The monoisotopic (exact) mass is 197 g/mol. The zero-order chi connectivity index (χ0) is 9.68. The third kappa shape index (κ3) is 3.68. The van der Waals surface area contributed by atoms with Gasteiger partial charge >= 0.3 is 0 Å². The van der Waals surface area contributed by atoms with Gasteiger partial charge in [0.15, 0.2) is 5.78 Å². The van der Waals surface area contributed by atoms with E-state index < -0.39 is 0 Å². The van der Waals surface area contributed by atoms with Crippen LogP contribution in [0.1, 0.15) is 42.8 Å². The summed E-state index contributed by atoms with van der Waals surface area (Å²) in [7, 11) is 0. The number of thiazole rings is 1. The summed E-state index contributed by atoms with van der Waals surface area (Å²) in [5.74, 6) is 0.928. The van der Waals surface area contributed by atoms with Gasteiger partial charge in [0.25, 0.3) is 0 Å². The molecule has 1 rings (SSSR count). The minimum absolute atomic E-state index is 0.239. The van der Waals surface area contributed by atoms with Crippen LogP contribution in [0.4, 0.5) is 0 Å². The Balaban J connectivity index is 2.27. The van der Waals surface area contributed by atoms with E-state index in [-0.39, 0.29) is 5.78 Å². The topological polar surface area (TPSA) is 30.0 Å². The zero-order valence-electron chi connectivity index (χ0n) is 8.12. The second-order valence-corrected chi connectivity index (χ2v) is 4.46. The van der Waals surface area contributed by atoms with Gasteiger partial charge in [0.2, 0.25) is 0 Å². The summed E-state index contributed by atoms with van der Waals surface area (Å²) in [5, 5.41) is 0. The molecule has 1 heterocycles. The lowest BCUT2D eigenvalue weighted by Gasteiger charge is -2.01. The molecule has 0 aliphatic carbocycles. The van der Waals surface area contributed by atoms with E-state index in [1.807, 2.05) is 0 Å². The highest BCUT2D eigenvalue weighted by atomic mass is 32.1. The van der Waals surface area contributed by atoms with Crippen molar-refractivity contribution in [1.82, 2.24) is 4.98 Å². The van der Waals surface area contributed by atoms with E-state index in [2.05, 4.69) is 18.8 Å². The van der Waals surface area contributed by atoms with Crippen molar-refractivity contribution in [1.29, 1.82) is 0 Å². The maximum absolute atomic E-state index is 11.5. The van der Waals surface area contributed by atoms with Crippen molar-refractivity contribution in [3.8, 4) is 0 Å². The maximum atomic E-state index is 11.5. The standard InChI is InChI=1S/C10H15NOS/c1-8(2)4-3-5-9(12)10-6-11-7-13-10/h6-8H,3-5H2,1-2H3. The SMILES string of the molecule is CC(C)CCCC(=O)c1cncs1. The molecule has 0 aromatic carbocycles. The van der Waals surface area contributed by atoms with Gasteiger partial charge in [0.05, 0.1) is 10.4 Å². The second-order valence-electron chi connectivity index (χ2n) is 3.57. The molecular weight excluding hydrogens is 182 g/mol. The van der Waals surface area contributed by atoms with Crippen LogP contribution in [0.2, 0.25) is 0 Å². The number of rotatable bonds is 5. The Morgan fingerprint density at radius 3 is 2.92 bits per heavy atom. The van der Waals surface area contributed by atoms with E-state index in [1.165, 1.54) is 11.3 Å². The molecule has 0 unspecified atom stereocenters. The Kier molecular flexibility index (Phi) is 4.09. The summed E-state index contributed by atoms with van der Waals surface area (Å²) in [4.78, 5) is 16.1. The molecule has 2 nitrogen and oxygen atoms in total. The first-order valence-corrected chi connectivity index (χ1v) is 5.50. The smallest absolute Gasteiger partial charge is 0.174 e. The van der Waals surface area contributed by atoms with Crippen LogP contribution in [0.5, 0.6) is 0 Å². The van der Waals surface area contributed by atoms with Crippen molar-refractivity contribution < 1.29 is 4.79 Å². The van der Waals surface area contributed by atoms with E-state index in [0.29, 0.717) is 12.3 Å². The molecule has 13 heavy (non-hydrogen) atoms. The van der Waals surface area contributed by atoms with Crippen LogP contribution in [0.3, 0.4) is 0 Å². The number of ketones is 1. The quantitative estimate of drug-likeness (QED) is 0.679. The number of aromatic nitrogens is 1. The summed E-state index contributed by atoms with van der Waals surface area (Å²) in [6.07, 6.45) is 4.45. The fraction of sp³-hybridized carbons (Fsp3) is 0.600. The van der Waals surface area contributed by atoms with E-state index in [9.17, 15) is 4.79 Å². The van der Waals surface area contributed by atoms with Crippen molar-refractivity contribution in [2.75, 3.05) is 0 Å². The summed E-state index contributed by atoms with van der Waals surface area (Å²) in [6, 6.07) is 0. The van der Waals surface area contributed by atoms with Gasteiger partial charge < -0.3 is 0 Å². The van der Waals surface area contributed by atoms with Crippen molar-refractivity contribution >= 4 is 17.1 Å². The summed E-state index contributed by atoms with van der Waals surface area (Å²) in [5.41, 5.74) is 1.70. The lowest BCUT2D eigenvalue weighted by Crippen LogP contribution is -1.97. The first-order valence-electron chi connectivity index (χ1n) is 4.62. The number of carbonyl (C=O) groups is 1. The minimum Gasteiger partial charge on any atom is -0.293 e. The average molecular weight is 197 g/mol. The molecule has 1 aromatic rings. The van der Waals surface area contributed by atoms with Crippen LogP contribution < -0.4 is 0 Å². The third-order valence-electron chi connectivity index (χ3n) is 1.89. The Hall–Kier alpha value is -0.700. The van der Waals surface area contributed by atoms with Gasteiger partial charge in [-0.05, 0) is 12.3 Å². The molecule has 0 radical (unpaired) electrons. The van der Waals surface area contributed by atoms with Crippen LogP contribution in [-0.4, -0.2) is 10.8 Å². The lowest BCUT2D eigenvalue weighted by molar-refractivity contribution is 0.0982. The van der Waals surface area contributed by atoms with Gasteiger partial charge in [-0.2, -0.15) is 0 Å². The zero-order valence-corrected chi connectivity index (χ0v) is 8.93. The van der Waals surface area contributed by atoms with Gasteiger partial charge in [-0.1, -0.05) is 20.3 Å². The maximum Gasteiger partial charge on any atom is 0.174 e. The predicted molar refractivity (Wildman–Crippen MR) is 55.1 cm³/mol. The van der Waals surface area contributed by atoms with Crippen LogP contribution in [-0.2, 0) is 0 Å². The average Bonchev–Trinajstić information content (AvgIpc) is 2.55. The predicted octanol–water partition coefficient (Wildman–Crippen LogP) is 3.15. The van der Waals surface area contributed by atoms with E-state index in [0.717, 1.165) is 17.7 Å². The molecule has 0 amide bonds. The molecule has 0 N–H and O–H groups in total. The minimum atomic E-state index is 0.239. The van der Waals surface area contributed by atoms with Crippen LogP contribution in [0.15, 0.2) is 11.7 Å². The highest BCUT2D eigenvalue weighted by molar-refractivity contribution is 7.11.